The van der Waals surface area contributed by atoms with Gasteiger partial charge in [0.25, 0.3) is 8.89 Å². The summed E-state index contributed by atoms with van der Waals surface area (Å²) in [5.74, 6) is 1.54. The number of morpholine rings is 2. The second-order valence-electron chi connectivity index (χ2n) is 5.19. The molecule has 27 heavy (non-hydrogen) atoms. The van der Waals surface area contributed by atoms with E-state index in [2.05, 4.69) is 0 Å². The van der Waals surface area contributed by atoms with Crippen LogP contribution in [0.1, 0.15) is 0 Å². The quantitative estimate of drug-likeness (QED) is 0.251. The average molecular weight is 493 g/mol. The molecule has 0 unspecified atom stereocenters. The fourth-order valence-corrected chi connectivity index (χ4v) is 7.58. The summed E-state index contributed by atoms with van der Waals surface area (Å²) in [7, 11) is 5.57. The summed E-state index contributed by atoms with van der Waals surface area (Å²) in [6.07, 6.45) is 0. The molecule has 2 saturated heterocycles. The number of rotatable bonds is 10. The summed E-state index contributed by atoms with van der Waals surface area (Å²) in [5, 5.41) is 0. The Hall–Kier alpha value is 1.24. The van der Waals surface area contributed by atoms with Crippen molar-refractivity contribution in [3.8, 4) is 0 Å². The van der Waals surface area contributed by atoms with E-state index in [1.54, 1.807) is 0 Å². The molecular weight excluding hydrogens is 469 g/mol. The van der Waals surface area contributed by atoms with Crippen molar-refractivity contribution in [1.29, 1.82) is 0 Å². The molecule has 7 nitrogen and oxygen atoms in total. The van der Waals surface area contributed by atoms with Crippen LogP contribution in [-0.4, -0.2) is 94.8 Å². The van der Waals surface area contributed by atoms with E-state index < -0.39 is 0 Å². The van der Waals surface area contributed by atoms with E-state index in [9.17, 15) is 9.59 Å². The first-order valence-electron chi connectivity index (χ1n) is 8.50. The third-order valence-corrected chi connectivity index (χ3v) is 10.1. The zero-order chi connectivity index (χ0) is 19.2. The van der Waals surface area contributed by atoms with Crippen molar-refractivity contribution >= 4 is 76.0 Å². The normalized spacial score (nSPS) is 19.3. The minimum atomic E-state index is 0.102. The highest BCUT2D eigenvalue weighted by molar-refractivity contribution is 8.86. The third kappa shape index (κ3) is 12.5. The molecule has 0 saturated carbocycles. The van der Waals surface area contributed by atoms with Gasteiger partial charge in [-0.2, -0.15) is 0 Å². The first kappa shape index (κ1) is 24.5. The zero-order valence-electron chi connectivity index (χ0n) is 14.9. The number of nitrogens with zero attached hydrogens (tertiary/aromatic N) is 2. The highest BCUT2D eigenvalue weighted by Gasteiger charge is 2.16. The summed E-state index contributed by atoms with van der Waals surface area (Å²) < 4.78 is 20.3. The Morgan fingerprint density at radius 1 is 0.741 bits per heavy atom. The molecule has 0 N–H and O–H groups in total. The van der Waals surface area contributed by atoms with Crippen LogP contribution in [0.4, 0.5) is 9.59 Å². The molecule has 2 heterocycles. The molecule has 0 amide bonds. The predicted molar refractivity (Wildman–Crippen MR) is 122 cm³/mol. The average Bonchev–Trinajstić information content (AvgIpc) is 2.68. The van der Waals surface area contributed by atoms with Crippen LogP contribution in [0.5, 0.6) is 0 Å². The lowest BCUT2D eigenvalue weighted by Crippen LogP contribution is -2.31. The molecule has 156 valence electrons. The van der Waals surface area contributed by atoms with E-state index in [-0.39, 0.29) is 8.89 Å². The van der Waals surface area contributed by atoms with Crippen molar-refractivity contribution in [2.75, 3.05) is 77.3 Å². The van der Waals surface area contributed by atoms with Gasteiger partial charge in [0.2, 0.25) is 0 Å². The van der Waals surface area contributed by atoms with Crippen LogP contribution >= 0.6 is 67.1 Å². The van der Waals surface area contributed by atoms with Gasteiger partial charge < -0.3 is 14.2 Å². The molecule has 0 radical (unpaired) electrons. The Bertz CT molecular complexity index is 400. The molecule has 13 heteroatoms. The molecule has 0 aromatic rings. The molecule has 0 spiro atoms. The SMILES string of the molecule is O=C(SSCCOCCSSC(=O)SN1CCOCC1)SN1CCOCC1. The molecule has 2 aliphatic heterocycles. The molecule has 0 aromatic heterocycles. The van der Waals surface area contributed by atoms with E-state index in [1.807, 2.05) is 8.61 Å². The van der Waals surface area contributed by atoms with Gasteiger partial charge in [-0.3, -0.25) is 9.59 Å². The van der Waals surface area contributed by atoms with E-state index >= 15 is 0 Å². The van der Waals surface area contributed by atoms with E-state index in [4.69, 9.17) is 14.2 Å². The molecule has 2 rings (SSSR count). The van der Waals surface area contributed by atoms with E-state index in [0.717, 1.165) is 37.7 Å². The Morgan fingerprint density at radius 3 is 1.56 bits per heavy atom. The smallest absolute Gasteiger partial charge is 0.271 e. The molecule has 2 fully saturated rings. The maximum absolute atomic E-state index is 11.8. The number of carbonyl (C=O) groups is 2. The summed E-state index contributed by atoms with van der Waals surface area (Å²) in [5.41, 5.74) is 0. The van der Waals surface area contributed by atoms with Crippen LogP contribution in [0.25, 0.3) is 0 Å². The molecular formula is C14H24N2O5S6. The topological polar surface area (TPSA) is 68.3 Å². The minimum absolute atomic E-state index is 0.102. The summed E-state index contributed by atoms with van der Waals surface area (Å²) in [4.78, 5) is 23.6. The molecule has 0 aliphatic carbocycles. The van der Waals surface area contributed by atoms with Crippen LogP contribution in [-0.2, 0) is 14.2 Å². The van der Waals surface area contributed by atoms with Gasteiger partial charge in [-0.05, 0) is 21.6 Å². The lowest BCUT2D eigenvalue weighted by molar-refractivity contribution is 0.0775. The first-order valence-corrected chi connectivity index (χ1v) is 14.7. The summed E-state index contributed by atoms with van der Waals surface area (Å²) in [6.45, 7) is 7.19. The van der Waals surface area contributed by atoms with Gasteiger partial charge >= 0.3 is 0 Å². The minimum Gasteiger partial charge on any atom is -0.380 e. The van der Waals surface area contributed by atoms with Gasteiger partial charge in [0, 0.05) is 61.6 Å². The first-order chi connectivity index (χ1) is 13.2. The highest BCUT2D eigenvalue weighted by Crippen LogP contribution is 2.32. The van der Waals surface area contributed by atoms with Gasteiger partial charge in [0.05, 0.1) is 39.6 Å². The molecule has 0 bridgehead atoms. The molecule has 0 aromatic carbocycles. The second-order valence-corrected chi connectivity index (χ2v) is 12.6. The largest absolute Gasteiger partial charge is 0.380 e. The molecule has 2 aliphatic rings. The standard InChI is InChI=1S/C14H24N2O5S6/c17-13(24-15-1-5-19-6-2-15)26-22-11-9-21-10-12-23-27-14(18)25-16-3-7-20-8-4-16/h1-12H2. The fraction of sp³-hybridized carbons (Fsp3) is 0.857. The van der Waals surface area contributed by atoms with Gasteiger partial charge in [-0.25, -0.2) is 8.61 Å². The van der Waals surface area contributed by atoms with Crippen molar-refractivity contribution in [2.24, 2.45) is 0 Å². The predicted octanol–water partition coefficient (Wildman–Crippen LogP) is 3.97. The lowest BCUT2D eigenvalue weighted by Gasteiger charge is -2.23. The van der Waals surface area contributed by atoms with E-state index in [0.29, 0.717) is 39.6 Å². The number of hydrogen-bond acceptors (Lipinski definition) is 13. The second kappa shape index (κ2) is 16.0. The van der Waals surface area contributed by atoms with Crippen molar-refractivity contribution in [3.05, 3.63) is 0 Å². The third-order valence-electron chi connectivity index (χ3n) is 3.22. The van der Waals surface area contributed by atoms with Crippen LogP contribution in [0, 0.1) is 0 Å². The van der Waals surface area contributed by atoms with E-state index in [1.165, 1.54) is 67.1 Å². The van der Waals surface area contributed by atoms with Crippen molar-refractivity contribution in [3.63, 3.8) is 0 Å². The van der Waals surface area contributed by atoms with Crippen LogP contribution in [0.15, 0.2) is 0 Å². The van der Waals surface area contributed by atoms with Crippen molar-refractivity contribution < 1.29 is 23.8 Å². The monoisotopic (exact) mass is 492 g/mol. The Kier molecular flexibility index (Phi) is 14.5. The maximum Gasteiger partial charge on any atom is 0.271 e. The maximum atomic E-state index is 11.8. The zero-order valence-corrected chi connectivity index (χ0v) is 19.8. The van der Waals surface area contributed by atoms with Gasteiger partial charge in [-0.15, -0.1) is 0 Å². The number of carbonyl (C=O) groups excluding carboxylic acids is 2. The number of ether oxygens (including phenoxy) is 3. The highest BCUT2D eigenvalue weighted by atomic mass is 33.1. The Labute approximate surface area is 184 Å². The van der Waals surface area contributed by atoms with Crippen LogP contribution in [0.2, 0.25) is 0 Å². The fourth-order valence-electron chi connectivity index (χ4n) is 1.98. The number of hydrogen-bond donors (Lipinski definition) is 0. The van der Waals surface area contributed by atoms with Crippen LogP contribution < -0.4 is 0 Å². The molecule has 0 atom stereocenters. The Morgan fingerprint density at radius 2 is 1.15 bits per heavy atom. The van der Waals surface area contributed by atoms with Gasteiger partial charge in [0.1, 0.15) is 0 Å². The van der Waals surface area contributed by atoms with Crippen molar-refractivity contribution in [2.45, 2.75) is 0 Å². The Balaban J connectivity index is 1.34. The van der Waals surface area contributed by atoms with Crippen molar-refractivity contribution in [1.82, 2.24) is 8.61 Å². The van der Waals surface area contributed by atoms with Gasteiger partial charge in [-0.1, -0.05) is 21.6 Å². The van der Waals surface area contributed by atoms with Crippen LogP contribution in [0.3, 0.4) is 0 Å². The summed E-state index contributed by atoms with van der Waals surface area (Å²) >= 11 is 2.55. The van der Waals surface area contributed by atoms with Gasteiger partial charge in [0.15, 0.2) is 0 Å². The lowest BCUT2D eigenvalue weighted by atomic mass is 10.5. The summed E-state index contributed by atoms with van der Waals surface area (Å²) in [6, 6.07) is 0.